The van der Waals surface area contributed by atoms with Gasteiger partial charge in [0.1, 0.15) is 5.75 Å². The van der Waals surface area contributed by atoms with Crippen LogP contribution in [0.3, 0.4) is 0 Å². The summed E-state index contributed by atoms with van der Waals surface area (Å²) >= 11 is 5.59. The van der Waals surface area contributed by atoms with Crippen LogP contribution in [0.4, 0.5) is 0 Å². The van der Waals surface area contributed by atoms with Crippen molar-refractivity contribution in [2.24, 2.45) is 0 Å². The summed E-state index contributed by atoms with van der Waals surface area (Å²) in [6.45, 7) is 0. The Morgan fingerprint density at radius 2 is 2.09 bits per heavy atom. The third-order valence-corrected chi connectivity index (χ3v) is 1.27. The molecule has 0 heterocycles. The van der Waals surface area contributed by atoms with Crippen LogP contribution >= 0.6 is 11.6 Å². The molecule has 0 amide bonds. The number of hydrogen-bond donors (Lipinski definition) is 2. The minimum Gasteiger partial charge on any atom is -0.512 e. The molecule has 2 N–H and O–H groups in total. The molecular formula is C6H6BClO3. The average molecular weight is 172 g/mol. The predicted octanol–water partition coefficient (Wildman–Crippen LogP) is 0.688. The second-order valence-electron chi connectivity index (χ2n) is 1.90. The van der Waals surface area contributed by atoms with Crippen molar-refractivity contribution in [3.8, 4) is 5.75 Å². The summed E-state index contributed by atoms with van der Waals surface area (Å²) in [7, 11) is -1.80. The highest BCUT2D eigenvalue weighted by Crippen LogP contribution is 2.16. The molecule has 1 rings (SSSR count). The summed E-state index contributed by atoms with van der Waals surface area (Å²) in [4.78, 5) is 0. The number of rotatable bonds is 2. The van der Waals surface area contributed by atoms with Gasteiger partial charge < -0.3 is 14.7 Å². The van der Waals surface area contributed by atoms with Crippen LogP contribution in [0.2, 0.25) is 5.02 Å². The van der Waals surface area contributed by atoms with E-state index in [9.17, 15) is 0 Å². The Balaban J connectivity index is 2.71. The van der Waals surface area contributed by atoms with Gasteiger partial charge >= 0.3 is 7.32 Å². The Bertz CT molecular complexity index is 241. The van der Waals surface area contributed by atoms with Gasteiger partial charge in [-0.2, -0.15) is 0 Å². The Morgan fingerprint density at radius 3 is 2.64 bits per heavy atom. The summed E-state index contributed by atoms with van der Waals surface area (Å²) in [5, 5.41) is 17.3. The molecule has 0 fully saturated rings. The van der Waals surface area contributed by atoms with Gasteiger partial charge in [-0.05, 0) is 18.2 Å². The smallest absolute Gasteiger partial charge is 0.512 e. The van der Waals surface area contributed by atoms with Crippen molar-refractivity contribution < 1.29 is 14.7 Å². The van der Waals surface area contributed by atoms with Crippen molar-refractivity contribution >= 4 is 18.9 Å². The highest BCUT2D eigenvalue weighted by Gasteiger charge is 2.10. The van der Waals surface area contributed by atoms with E-state index in [1.54, 1.807) is 18.2 Å². The first-order valence-electron chi connectivity index (χ1n) is 2.97. The molecule has 0 unspecified atom stereocenters. The van der Waals surface area contributed by atoms with Gasteiger partial charge in [-0.3, -0.25) is 0 Å². The van der Waals surface area contributed by atoms with Crippen LogP contribution in [0.15, 0.2) is 24.3 Å². The Kier molecular flexibility index (Phi) is 2.76. The highest BCUT2D eigenvalue weighted by atomic mass is 35.5. The first-order chi connectivity index (χ1) is 5.18. The average Bonchev–Trinajstić information content (AvgIpc) is 1.85. The van der Waals surface area contributed by atoms with Gasteiger partial charge in [0.15, 0.2) is 0 Å². The predicted molar refractivity (Wildman–Crippen MR) is 42.3 cm³/mol. The molecule has 0 radical (unpaired) electrons. The fourth-order valence-electron chi connectivity index (χ4n) is 0.662. The van der Waals surface area contributed by atoms with Crippen molar-refractivity contribution in [3.05, 3.63) is 29.3 Å². The standard InChI is InChI=1S/C6H6BClO3/c8-5-2-1-3-6(4-5)11-7(9)10/h1-4,9-10H. The lowest BCUT2D eigenvalue weighted by molar-refractivity contribution is 0.288. The first-order valence-corrected chi connectivity index (χ1v) is 3.34. The molecule has 1 aromatic rings. The lowest BCUT2D eigenvalue weighted by atomic mass is 10.2. The van der Waals surface area contributed by atoms with Crippen LogP contribution in [0.5, 0.6) is 5.75 Å². The molecule has 0 saturated heterocycles. The molecule has 3 nitrogen and oxygen atoms in total. The van der Waals surface area contributed by atoms with Crippen molar-refractivity contribution in [2.75, 3.05) is 0 Å². The van der Waals surface area contributed by atoms with E-state index >= 15 is 0 Å². The summed E-state index contributed by atoms with van der Waals surface area (Å²) in [5.41, 5.74) is 0. The van der Waals surface area contributed by atoms with Crippen molar-refractivity contribution in [2.45, 2.75) is 0 Å². The molecule has 11 heavy (non-hydrogen) atoms. The quantitative estimate of drug-likeness (QED) is 0.645. The SMILES string of the molecule is OB(O)Oc1cccc(Cl)c1. The second-order valence-corrected chi connectivity index (χ2v) is 2.34. The van der Waals surface area contributed by atoms with Gasteiger partial charge in [0.2, 0.25) is 0 Å². The van der Waals surface area contributed by atoms with Gasteiger partial charge in [0, 0.05) is 5.02 Å². The largest absolute Gasteiger partial charge is 0.707 e. The van der Waals surface area contributed by atoms with E-state index in [0.29, 0.717) is 10.8 Å². The van der Waals surface area contributed by atoms with E-state index in [-0.39, 0.29) is 0 Å². The fraction of sp³-hybridized carbons (Fsp3) is 0. The Morgan fingerprint density at radius 1 is 1.36 bits per heavy atom. The monoisotopic (exact) mass is 172 g/mol. The first kappa shape index (κ1) is 8.39. The number of benzene rings is 1. The molecule has 5 heteroatoms. The van der Waals surface area contributed by atoms with Crippen LogP contribution in [0.25, 0.3) is 0 Å². The summed E-state index contributed by atoms with van der Waals surface area (Å²) in [6.07, 6.45) is 0. The van der Waals surface area contributed by atoms with E-state index in [0.717, 1.165) is 0 Å². The summed E-state index contributed by atoms with van der Waals surface area (Å²) < 4.78 is 4.52. The third-order valence-electron chi connectivity index (χ3n) is 1.04. The van der Waals surface area contributed by atoms with E-state index in [4.69, 9.17) is 21.6 Å². The van der Waals surface area contributed by atoms with Crippen LogP contribution in [-0.4, -0.2) is 17.4 Å². The maximum Gasteiger partial charge on any atom is 0.707 e. The summed E-state index contributed by atoms with van der Waals surface area (Å²) in [6, 6.07) is 6.38. The zero-order valence-corrected chi connectivity index (χ0v) is 6.32. The molecule has 0 aliphatic carbocycles. The van der Waals surface area contributed by atoms with Crippen molar-refractivity contribution in [1.82, 2.24) is 0 Å². The van der Waals surface area contributed by atoms with Gasteiger partial charge in [0.05, 0.1) is 0 Å². The lowest BCUT2D eigenvalue weighted by Crippen LogP contribution is -2.20. The van der Waals surface area contributed by atoms with Crippen molar-refractivity contribution in [1.29, 1.82) is 0 Å². The van der Waals surface area contributed by atoms with Crippen LogP contribution < -0.4 is 4.65 Å². The normalized spacial score (nSPS) is 9.36. The van der Waals surface area contributed by atoms with E-state index < -0.39 is 7.32 Å². The van der Waals surface area contributed by atoms with E-state index in [1.807, 2.05) is 0 Å². The molecule has 0 bridgehead atoms. The van der Waals surface area contributed by atoms with Crippen LogP contribution in [0, 0.1) is 0 Å². The van der Waals surface area contributed by atoms with Gasteiger partial charge in [-0.25, -0.2) is 0 Å². The molecule has 0 spiro atoms. The third kappa shape index (κ3) is 2.80. The Hall–Kier alpha value is -0.705. The van der Waals surface area contributed by atoms with Gasteiger partial charge in [-0.1, -0.05) is 17.7 Å². The second kappa shape index (κ2) is 3.62. The lowest BCUT2D eigenvalue weighted by Gasteiger charge is -2.03. The van der Waals surface area contributed by atoms with Crippen molar-refractivity contribution in [3.63, 3.8) is 0 Å². The van der Waals surface area contributed by atoms with Crippen LogP contribution in [-0.2, 0) is 0 Å². The fourth-order valence-corrected chi connectivity index (χ4v) is 0.842. The topological polar surface area (TPSA) is 49.7 Å². The molecule has 0 aromatic heterocycles. The maximum atomic E-state index is 8.39. The van der Waals surface area contributed by atoms with E-state index in [2.05, 4.69) is 4.65 Å². The number of halogens is 1. The van der Waals surface area contributed by atoms with E-state index in [1.165, 1.54) is 6.07 Å². The molecule has 0 atom stereocenters. The number of hydrogen-bond acceptors (Lipinski definition) is 3. The highest BCUT2D eigenvalue weighted by molar-refractivity contribution is 6.34. The molecule has 0 aliphatic heterocycles. The zero-order chi connectivity index (χ0) is 8.27. The van der Waals surface area contributed by atoms with Gasteiger partial charge in [0.25, 0.3) is 0 Å². The molecule has 0 aliphatic rings. The minimum absolute atomic E-state index is 0.326. The Labute approximate surface area is 69.4 Å². The molecule has 58 valence electrons. The van der Waals surface area contributed by atoms with Gasteiger partial charge in [-0.15, -0.1) is 0 Å². The molecule has 1 aromatic carbocycles. The molecule has 0 saturated carbocycles. The molecular weight excluding hydrogens is 166 g/mol. The zero-order valence-electron chi connectivity index (χ0n) is 5.57. The minimum atomic E-state index is -1.80. The summed E-state index contributed by atoms with van der Waals surface area (Å²) in [5.74, 6) is 0.326. The maximum absolute atomic E-state index is 8.39. The van der Waals surface area contributed by atoms with Crippen LogP contribution in [0.1, 0.15) is 0 Å².